The molecule has 0 aliphatic carbocycles. The highest BCUT2D eigenvalue weighted by atomic mass is 16.2. The number of nitrogens with zero attached hydrogens (tertiary/aromatic N) is 6. The molecule has 4 heterocycles. The van der Waals surface area contributed by atoms with E-state index in [-0.39, 0.29) is 5.91 Å². The fourth-order valence-electron chi connectivity index (χ4n) is 3.06. The fourth-order valence-corrected chi connectivity index (χ4v) is 3.06. The van der Waals surface area contributed by atoms with E-state index in [0.717, 1.165) is 24.6 Å². The van der Waals surface area contributed by atoms with Gasteiger partial charge in [0.2, 0.25) is 0 Å². The number of hydrogen-bond donors (Lipinski definition) is 1. The Morgan fingerprint density at radius 1 is 0.893 bits per heavy atom. The van der Waals surface area contributed by atoms with Crippen LogP contribution in [0.3, 0.4) is 0 Å². The number of piperazine rings is 1. The lowest BCUT2D eigenvalue weighted by Crippen LogP contribution is -2.49. The summed E-state index contributed by atoms with van der Waals surface area (Å²) in [7, 11) is 0. The molecule has 0 aromatic carbocycles. The highest BCUT2D eigenvalue weighted by molar-refractivity contribution is 5.92. The second-order valence-corrected chi connectivity index (χ2v) is 6.43. The van der Waals surface area contributed by atoms with Crippen LogP contribution in [0.15, 0.2) is 61.2 Å². The summed E-state index contributed by atoms with van der Waals surface area (Å²) >= 11 is 0. The molecule has 142 valence electrons. The zero-order valence-corrected chi connectivity index (χ0v) is 15.4. The fraction of sp³-hybridized carbons (Fsp3) is 0.250. The van der Waals surface area contributed by atoms with Crippen molar-refractivity contribution in [2.45, 2.75) is 6.54 Å². The van der Waals surface area contributed by atoms with E-state index in [0.29, 0.717) is 31.1 Å². The van der Waals surface area contributed by atoms with Crippen molar-refractivity contribution in [3.05, 3.63) is 72.6 Å². The maximum absolute atomic E-state index is 12.7. The first-order chi connectivity index (χ1) is 13.8. The monoisotopic (exact) mass is 375 g/mol. The highest BCUT2D eigenvalue weighted by Crippen LogP contribution is 2.14. The van der Waals surface area contributed by atoms with Crippen molar-refractivity contribution >= 4 is 17.5 Å². The maximum atomic E-state index is 12.7. The largest absolute Gasteiger partial charge is 0.363 e. The van der Waals surface area contributed by atoms with E-state index in [1.807, 2.05) is 41.3 Å². The molecule has 1 aliphatic rings. The molecular formula is C20H21N7O. The van der Waals surface area contributed by atoms with E-state index in [1.165, 1.54) is 6.20 Å². The minimum absolute atomic E-state index is 0.0931. The Morgan fingerprint density at radius 2 is 1.68 bits per heavy atom. The maximum Gasteiger partial charge on any atom is 0.274 e. The molecule has 0 radical (unpaired) electrons. The quantitative estimate of drug-likeness (QED) is 0.728. The number of aromatic nitrogens is 4. The lowest BCUT2D eigenvalue weighted by Gasteiger charge is -2.35. The summed E-state index contributed by atoms with van der Waals surface area (Å²) in [6, 6.07) is 11.6. The molecule has 3 aromatic heterocycles. The molecule has 1 N–H and O–H groups in total. The molecule has 8 heteroatoms. The van der Waals surface area contributed by atoms with Crippen molar-refractivity contribution in [2.24, 2.45) is 0 Å². The van der Waals surface area contributed by atoms with Gasteiger partial charge in [-0.1, -0.05) is 12.1 Å². The Hall–Kier alpha value is -3.55. The molecule has 0 spiro atoms. The molecule has 1 aliphatic heterocycles. The van der Waals surface area contributed by atoms with Crippen molar-refractivity contribution in [1.29, 1.82) is 0 Å². The molecule has 8 nitrogen and oxygen atoms in total. The van der Waals surface area contributed by atoms with Crippen LogP contribution >= 0.6 is 0 Å². The molecule has 0 saturated carbocycles. The molecular weight excluding hydrogens is 354 g/mol. The molecule has 0 unspecified atom stereocenters. The summed E-state index contributed by atoms with van der Waals surface area (Å²) in [6.45, 7) is 3.33. The van der Waals surface area contributed by atoms with E-state index in [4.69, 9.17) is 0 Å². The van der Waals surface area contributed by atoms with Crippen LogP contribution in [0.1, 0.15) is 16.2 Å². The zero-order valence-electron chi connectivity index (χ0n) is 15.4. The molecule has 0 atom stereocenters. The Bertz CT molecular complexity index is 895. The number of carbonyl (C=O) groups is 1. The van der Waals surface area contributed by atoms with Crippen LogP contribution in [-0.4, -0.2) is 56.9 Å². The van der Waals surface area contributed by atoms with Crippen molar-refractivity contribution in [2.75, 3.05) is 36.4 Å². The van der Waals surface area contributed by atoms with E-state index in [2.05, 4.69) is 30.2 Å². The minimum Gasteiger partial charge on any atom is -0.363 e. The van der Waals surface area contributed by atoms with Crippen LogP contribution in [0, 0.1) is 0 Å². The van der Waals surface area contributed by atoms with Gasteiger partial charge in [0.1, 0.15) is 17.3 Å². The normalized spacial score (nSPS) is 14.0. The molecule has 1 amide bonds. The highest BCUT2D eigenvalue weighted by Gasteiger charge is 2.23. The Balaban J connectivity index is 1.31. The summed E-state index contributed by atoms with van der Waals surface area (Å²) < 4.78 is 0. The van der Waals surface area contributed by atoms with Gasteiger partial charge >= 0.3 is 0 Å². The predicted molar refractivity (Wildman–Crippen MR) is 106 cm³/mol. The number of rotatable bonds is 5. The molecule has 3 aromatic rings. The first kappa shape index (κ1) is 17.8. The van der Waals surface area contributed by atoms with Gasteiger partial charge < -0.3 is 15.1 Å². The zero-order chi connectivity index (χ0) is 19.2. The molecule has 4 rings (SSSR count). The summed E-state index contributed by atoms with van der Waals surface area (Å²) in [6.07, 6.45) is 6.64. The van der Waals surface area contributed by atoms with E-state index < -0.39 is 0 Å². The number of amides is 1. The number of pyridine rings is 2. The Morgan fingerprint density at radius 3 is 2.32 bits per heavy atom. The van der Waals surface area contributed by atoms with Crippen molar-refractivity contribution < 1.29 is 4.79 Å². The first-order valence-corrected chi connectivity index (χ1v) is 9.21. The standard InChI is InChI=1S/C20H21N7O/c28-20(27-11-9-26(10-12-27)19-6-2-4-8-22-19)17-14-25-18(15-23-17)24-13-16-5-1-3-7-21-16/h1-8,14-15H,9-13H2,(H,24,25). The second-order valence-electron chi connectivity index (χ2n) is 6.43. The van der Waals surface area contributed by atoms with Crippen LogP contribution in [-0.2, 0) is 6.54 Å². The minimum atomic E-state index is -0.0931. The average Bonchev–Trinajstić information content (AvgIpc) is 2.79. The van der Waals surface area contributed by atoms with Crippen molar-refractivity contribution in [1.82, 2.24) is 24.8 Å². The smallest absolute Gasteiger partial charge is 0.274 e. The van der Waals surface area contributed by atoms with Gasteiger partial charge in [-0.3, -0.25) is 9.78 Å². The van der Waals surface area contributed by atoms with Crippen LogP contribution in [0.4, 0.5) is 11.6 Å². The summed E-state index contributed by atoms with van der Waals surface area (Å²) in [5.74, 6) is 1.46. The molecule has 0 bridgehead atoms. The van der Waals surface area contributed by atoms with Crippen LogP contribution in [0.5, 0.6) is 0 Å². The number of nitrogens with one attached hydrogen (secondary N) is 1. The average molecular weight is 375 g/mol. The third-order valence-electron chi connectivity index (χ3n) is 4.59. The Kier molecular flexibility index (Phi) is 5.37. The second kappa shape index (κ2) is 8.43. The summed E-state index contributed by atoms with van der Waals surface area (Å²) in [5, 5.41) is 3.16. The van der Waals surface area contributed by atoms with Gasteiger partial charge in [0, 0.05) is 38.6 Å². The van der Waals surface area contributed by atoms with E-state index >= 15 is 0 Å². The lowest BCUT2D eigenvalue weighted by atomic mass is 10.2. The number of anilines is 2. The van der Waals surface area contributed by atoms with Gasteiger partial charge in [0.15, 0.2) is 0 Å². The first-order valence-electron chi connectivity index (χ1n) is 9.21. The van der Waals surface area contributed by atoms with Gasteiger partial charge in [0.05, 0.1) is 24.6 Å². The van der Waals surface area contributed by atoms with Gasteiger partial charge in [-0.05, 0) is 24.3 Å². The van der Waals surface area contributed by atoms with Gasteiger partial charge in [0.25, 0.3) is 5.91 Å². The topological polar surface area (TPSA) is 87.1 Å². The summed E-state index contributed by atoms with van der Waals surface area (Å²) in [5.41, 5.74) is 1.27. The van der Waals surface area contributed by atoms with Crippen LogP contribution < -0.4 is 10.2 Å². The predicted octanol–water partition coefficient (Wildman–Crippen LogP) is 1.84. The lowest BCUT2D eigenvalue weighted by molar-refractivity contribution is 0.0740. The summed E-state index contributed by atoms with van der Waals surface area (Å²) in [4.78, 5) is 33.9. The molecule has 28 heavy (non-hydrogen) atoms. The van der Waals surface area contributed by atoms with Gasteiger partial charge in [-0.15, -0.1) is 0 Å². The van der Waals surface area contributed by atoms with Crippen LogP contribution in [0.2, 0.25) is 0 Å². The number of carbonyl (C=O) groups excluding carboxylic acids is 1. The third-order valence-corrected chi connectivity index (χ3v) is 4.59. The van der Waals surface area contributed by atoms with Crippen molar-refractivity contribution in [3.8, 4) is 0 Å². The van der Waals surface area contributed by atoms with Gasteiger partial charge in [-0.2, -0.15) is 0 Å². The van der Waals surface area contributed by atoms with Gasteiger partial charge in [-0.25, -0.2) is 15.0 Å². The third kappa shape index (κ3) is 4.22. The molecule has 1 saturated heterocycles. The number of hydrogen-bond acceptors (Lipinski definition) is 7. The van der Waals surface area contributed by atoms with E-state index in [1.54, 1.807) is 18.6 Å². The van der Waals surface area contributed by atoms with E-state index in [9.17, 15) is 4.79 Å². The van der Waals surface area contributed by atoms with Crippen molar-refractivity contribution in [3.63, 3.8) is 0 Å². The molecule has 1 fully saturated rings. The Labute approximate surface area is 163 Å². The van der Waals surface area contributed by atoms with Crippen LogP contribution in [0.25, 0.3) is 0 Å². The SMILES string of the molecule is O=C(c1cnc(NCc2ccccn2)cn1)N1CCN(c2ccccn2)CC1.